The Morgan fingerprint density at radius 3 is 2.06 bits per heavy atom. The van der Waals surface area contributed by atoms with Gasteiger partial charge in [-0.05, 0) is 43.8 Å². The van der Waals surface area contributed by atoms with Crippen LogP contribution >= 0.6 is 0 Å². The fourth-order valence-corrected chi connectivity index (χ4v) is 3.99. The van der Waals surface area contributed by atoms with Crippen molar-refractivity contribution in [3.05, 3.63) is 0 Å². The maximum Gasteiger partial charge on any atom is 0.192 e. The minimum atomic E-state index is -1.75. The van der Waals surface area contributed by atoms with Crippen molar-refractivity contribution in [2.45, 2.75) is 90.1 Å². The van der Waals surface area contributed by atoms with Crippen LogP contribution in [0.1, 0.15) is 59.8 Å². The first-order chi connectivity index (χ1) is 8.15. The van der Waals surface area contributed by atoms with E-state index in [1.165, 1.54) is 32.1 Å². The molecule has 2 nitrogen and oxygen atoms in total. The van der Waals surface area contributed by atoms with Gasteiger partial charge in [-0.2, -0.15) is 0 Å². The molecule has 0 bridgehead atoms. The first-order valence-electron chi connectivity index (χ1n) is 7.51. The Kier molecular flexibility index (Phi) is 5.45. The Labute approximate surface area is 114 Å². The van der Waals surface area contributed by atoms with Crippen LogP contribution in [-0.4, -0.2) is 25.6 Å². The SMILES string of the molecule is C[C@@H](O[Si](C)(C)C(C)(C)C)[C@@H](O)C1CCCCC1. The zero-order valence-electron chi connectivity index (χ0n) is 13.1. The van der Waals surface area contributed by atoms with Gasteiger partial charge in [0.25, 0.3) is 0 Å². The third kappa shape index (κ3) is 4.07. The van der Waals surface area contributed by atoms with E-state index in [1.54, 1.807) is 0 Å². The van der Waals surface area contributed by atoms with Crippen LogP contribution in [0.25, 0.3) is 0 Å². The molecule has 1 fully saturated rings. The van der Waals surface area contributed by atoms with Gasteiger partial charge in [0.2, 0.25) is 0 Å². The Morgan fingerprint density at radius 2 is 1.61 bits per heavy atom. The molecule has 18 heavy (non-hydrogen) atoms. The smallest absolute Gasteiger partial charge is 0.192 e. The van der Waals surface area contributed by atoms with Gasteiger partial charge in [0, 0.05) is 0 Å². The average Bonchev–Trinajstić information content (AvgIpc) is 2.27. The summed E-state index contributed by atoms with van der Waals surface area (Å²) in [5, 5.41) is 10.7. The van der Waals surface area contributed by atoms with Crippen LogP contribution in [0.2, 0.25) is 18.1 Å². The van der Waals surface area contributed by atoms with Crippen molar-refractivity contribution in [2.24, 2.45) is 5.92 Å². The molecule has 0 aromatic rings. The Hall–Kier alpha value is 0.137. The van der Waals surface area contributed by atoms with Crippen molar-refractivity contribution >= 4 is 8.32 Å². The van der Waals surface area contributed by atoms with Gasteiger partial charge in [-0.3, -0.25) is 0 Å². The van der Waals surface area contributed by atoms with Gasteiger partial charge in [0.1, 0.15) is 0 Å². The first kappa shape index (κ1) is 16.2. The van der Waals surface area contributed by atoms with Gasteiger partial charge in [-0.15, -0.1) is 0 Å². The van der Waals surface area contributed by atoms with Crippen molar-refractivity contribution in [3.63, 3.8) is 0 Å². The first-order valence-corrected chi connectivity index (χ1v) is 10.4. The van der Waals surface area contributed by atoms with E-state index in [9.17, 15) is 5.11 Å². The minimum absolute atomic E-state index is 0.0195. The fraction of sp³-hybridized carbons (Fsp3) is 1.00. The fourth-order valence-electron chi connectivity index (χ4n) is 2.57. The average molecular weight is 273 g/mol. The standard InChI is InChI=1S/C15H32O2Si/c1-12(17-18(5,6)15(2,3)4)14(16)13-10-8-7-9-11-13/h12-14,16H,7-11H2,1-6H3/t12-,14-/m1/s1. The highest BCUT2D eigenvalue weighted by Crippen LogP contribution is 2.38. The van der Waals surface area contributed by atoms with Crippen molar-refractivity contribution in [2.75, 3.05) is 0 Å². The van der Waals surface area contributed by atoms with E-state index < -0.39 is 8.32 Å². The van der Waals surface area contributed by atoms with E-state index in [2.05, 4.69) is 40.8 Å². The lowest BCUT2D eigenvalue weighted by atomic mass is 9.84. The van der Waals surface area contributed by atoms with Crippen LogP contribution in [0.15, 0.2) is 0 Å². The molecule has 0 aliphatic heterocycles. The number of aliphatic hydroxyl groups excluding tert-OH is 1. The van der Waals surface area contributed by atoms with Crippen molar-refractivity contribution in [3.8, 4) is 0 Å². The summed E-state index contributed by atoms with van der Waals surface area (Å²) in [5.41, 5.74) is 0. The van der Waals surface area contributed by atoms with E-state index in [0.717, 1.165) is 0 Å². The summed E-state index contributed by atoms with van der Waals surface area (Å²) in [7, 11) is -1.75. The molecule has 1 aliphatic rings. The quantitative estimate of drug-likeness (QED) is 0.772. The van der Waals surface area contributed by atoms with Gasteiger partial charge in [-0.25, -0.2) is 0 Å². The predicted molar refractivity (Wildman–Crippen MR) is 80.3 cm³/mol. The Bertz CT molecular complexity index is 252. The van der Waals surface area contributed by atoms with Crippen LogP contribution < -0.4 is 0 Å². The lowest BCUT2D eigenvalue weighted by molar-refractivity contribution is -0.0112. The number of aliphatic hydroxyl groups is 1. The molecule has 1 N–H and O–H groups in total. The molecule has 0 unspecified atom stereocenters. The summed E-state index contributed by atoms with van der Waals surface area (Å²) in [6.45, 7) is 13.3. The highest BCUT2D eigenvalue weighted by Gasteiger charge is 2.40. The molecule has 1 aliphatic carbocycles. The van der Waals surface area contributed by atoms with E-state index in [1.807, 2.05) is 0 Å². The maximum atomic E-state index is 10.5. The second kappa shape index (κ2) is 6.06. The lowest BCUT2D eigenvalue weighted by Crippen LogP contribution is -2.47. The highest BCUT2D eigenvalue weighted by molar-refractivity contribution is 6.74. The van der Waals surface area contributed by atoms with Crippen LogP contribution in [0, 0.1) is 5.92 Å². The molecule has 0 saturated heterocycles. The monoisotopic (exact) mass is 272 g/mol. The maximum absolute atomic E-state index is 10.5. The molecular formula is C15H32O2Si. The molecule has 3 heteroatoms. The zero-order chi connectivity index (χ0) is 14.0. The number of hydrogen-bond acceptors (Lipinski definition) is 2. The molecule has 2 atom stereocenters. The predicted octanol–water partition coefficient (Wildman–Crippen LogP) is 4.34. The summed E-state index contributed by atoms with van der Waals surface area (Å²) in [5.74, 6) is 0.457. The molecule has 108 valence electrons. The van der Waals surface area contributed by atoms with Gasteiger partial charge < -0.3 is 9.53 Å². The van der Waals surface area contributed by atoms with Gasteiger partial charge in [-0.1, -0.05) is 40.0 Å². The Morgan fingerprint density at radius 1 is 1.11 bits per heavy atom. The molecule has 0 aromatic heterocycles. The molecule has 0 heterocycles. The summed E-state index contributed by atoms with van der Waals surface area (Å²) in [6, 6.07) is 0. The molecule has 1 saturated carbocycles. The van der Waals surface area contributed by atoms with Crippen molar-refractivity contribution in [1.82, 2.24) is 0 Å². The molecule has 0 spiro atoms. The number of rotatable bonds is 4. The molecule has 0 radical (unpaired) electrons. The molecular weight excluding hydrogens is 240 g/mol. The van der Waals surface area contributed by atoms with Crippen molar-refractivity contribution in [1.29, 1.82) is 0 Å². The normalized spacial score (nSPS) is 22.8. The van der Waals surface area contributed by atoms with E-state index in [0.29, 0.717) is 5.92 Å². The third-order valence-electron chi connectivity index (χ3n) is 4.90. The lowest BCUT2D eigenvalue weighted by Gasteiger charge is -2.41. The van der Waals surface area contributed by atoms with Crippen LogP contribution in [0.5, 0.6) is 0 Å². The van der Waals surface area contributed by atoms with Crippen LogP contribution in [0.4, 0.5) is 0 Å². The van der Waals surface area contributed by atoms with Gasteiger partial charge in [0.15, 0.2) is 8.32 Å². The van der Waals surface area contributed by atoms with E-state index in [-0.39, 0.29) is 17.2 Å². The zero-order valence-corrected chi connectivity index (χ0v) is 14.1. The number of hydrogen-bond donors (Lipinski definition) is 1. The molecule has 1 rings (SSSR count). The summed E-state index contributed by atoms with van der Waals surface area (Å²) in [6.07, 6.45) is 5.93. The van der Waals surface area contributed by atoms with Gasteiger partial charge >= 0.3 is 0 Å². The molecule has 0 aromatic carbocycles. The van der Waals surface area contributed by atoms with Crippen LogP contribution in [-0.2, 0) is 4.43 Å². The Balaban J connectivity index is 2.56. The second-order valence-electron chi connectivity index (χ2n) is 7.47. The van der Waals surface area contributed by atoms with Crippen molar-refractivity contribution < 1.29 is 9.53 Å². The van der Waals surface area contributed by atoms with E-state index in [4.69, 9.17) is 4.43 Å². The summed E-state index contributed by atoms with van der Waals surface area (Å²) >= 11 is 0. The molecule has 0 amide bonds. The second-order valence-corrected chi connectivity index (χ2v) is 12.2. The topological polar surface area (TPSA) is 29.5 Å². The van der Waals surface area contributed by atoms with E-state index >= 15 is 0 Å². The summed E-state index contributed by atoms with van der Waals surface area (Å²) in [4.78, 5) is 0. The van der Waals surface area contributed by atoms with Crippen LogP contribution in [0.3, 0.4) is 0 Å². The van der Waals surface area contributed by atoms with Gasteiger partial charge in [0.05, 0.1) is 12.2 Å². The minimum Gasteiger partial charge on any atom is -0.412 e. The largest absolute Gasteiger partial charge is 0.412 e. The summed E-state index contributed by atoms with van der Waals surface area (Å²) < 4.78 is 6.31. The highest BCUT2D eigenvalue weighted by atomic mass is 28.4. The third-order valence-corrected chi connectivity index (χ3v) is 9.47.